The number of unbranched alkanes of at least 4 members (excludes halogenated alkanes) is 1. The summed E-state index contributed by atoms with van der Waals surface area (Å²) in [6.45, 7) is 7.29. The maximum Gasteiger partial charge on any atom is 0.163 e. The summed E-state index contributed by atoms with van der Waals surface area (Å²) >= 11 is 0. The summed E-state index contributed by atoms with van der Waals surface area (Å²) < 4.78 is 17.7. The zero-order chi connectivity index (χ0) is 14.6. The number of ether oxygens (including phenoxy) is 3. The first-order valence-electron chi connectivity index (χ1n) is 8.08. The lowest BCUT2D eigenvalue weighted by molar-refractivity contribution is -0.183. The van der Waals surface area contributed by atoms with Gasteiger partial charge in [0.25, 0.3) is 0 Å². The Hall–Kier alpha value is -0.450. The van der Waals surface area contributed by atoms with E-state index in [0.717, 1.165) is 38.4 Å². The third-order valence-corrected chi connectivity index (χ3v) is 4.77. The van der Waals surface area contributed by atoms with Crippen molar-refractivity contribution >= 4 is 6.29 Å². The topological polar surface area (TPSA) is 44.8 Å². The van der Waals surface area contributed by atoms with Crippen molar-refractivity contribution in [2.75, 3.05) is 13.2 Å². The predicted molar refractivity (Wildman–Crippen MR) is 76.4 cm³/mol. The third kappa shape index (κ3) is 2.78. The molecular formula is C16H28O4. The highest BCUT2D eigenvalue weighted by Gasteiger charge is 2.61. The Kier molecular flexibility index (Phi) is 5.58. The Balaban J connectivity index is 2.15. The molecule has 4 atom stereocenters. The molecule has 2 bridgehead atoms. The molecule has 2 rings (SSSR count). The summed E-state index contributed by atoms with van der Waals surface area (Å²) in [5, 5.41) is 0. The fourth-order valence-electron chi connectivity index (χ4n) is 3.89. The number of hydrogen-bond acceptors (Lipinski definition) is 4. The highest BCUT2D eigenvalue weighted by atomic mass is 16.7. The Labute approximate surface area is 122 Å². The summed E-state index contributed by atoms with van der Waals surface area (Å²) in [5.74, 6) is -0.0334. The van der Waals surface area contributed by atoms with Gasteiger partial charge in [-0.2, -0.15) is 0 Å². The molecule has 2 heterocycles. The van der Waals surface area contributed by atoms with Crippen LogP contribution in [0.1, 0.15) is 52.9 Å². The zero-order valence-electron chi connectivity index (χ0n) is 13.0. The van der Waals surface area contributed by atoms with Crippen LogP contribution >= 0.6 is 0 Å². The first-order valence-corrected chi connectivity index (χ1v) is 8.08. The summed E-state index contributed by atoms with van der Waals surface area (Å²) in [7, 11) is 0. The van der Waals surface area contributed by atoms with Crippen LogP contribution < -0.4 is 0 Å². The quantitative estimate of drug-likeness (QED) is 0.482. The normalized spacial score (nSPS) is 35.9. The number of carbonyl (C=O) groups is 1. The van der Waals surface area contributed by atoms with E-state index < -0.39 is 0 Å². The monoisotopic (exact) mass is 284 g/mol. The molecule has 0 aromatic heterocycles. The van der Waals surface area contributed by atoms with Gasteiger partial charge in [-0.25, -0.2) is 0 Å². The first-order chi connectivity index (χ1) is 9.72. The van der Waals surface area contributed by atoms with Crippen molar-refractivity contribution < 1.29 is 19.0 Å². The van der Waals surface area contributed by atoms with Crippen LogP contribution in [0.25, 0.3) is 0 Å². The van der Waals surface area contributed by atoms with Gasteiger partial charge in [-0.05, 0) is 33.1 Å². The lowest BCUT2D eigenvalue weighted by Gasteiger charge is -2.36. The van der Waals surface area contributed by atoms with Gasteiger partial charge in [0.1, 0.15) is 6.29 Å². The Morgan fingerprint density at radius 1 is 1.30 bits per heavy atom. The van der Waals surface area contributed by atoms with Crippen molar-refractivity contribution in [2.24, 2.45) is 11.8 Å². The predicted octanol–water partition coefficient (Wildman–Crippen LogP) is 2.94. The minimum absolute atomic E-state index is 0.0537. The average Bonchev–Trinajstić information content (AvgIpc) is 3.00. The SMILES string of the molecule is CCCC[C@]12CC[C@H](O1)[C@@H](C(OCC)OCC)[C@H]2C=O. The van der Waals surface area contributed by atoms with E-state index in [-0.39, 0.29) is 29.8 Å². The molecule has 0 aromatic carbocycles. The maximum absolute atomic E-state index is 11.7. The highest BCUT2D eigenvalue weighted by Crippen LogP contribution is 2.54. The molecule has 4 heteroatoms. The molecule has 0 saturated carbocycles. The van der Waals surface area contributed by atoms with Crippen molar-refractivity contribution in [3.8, 4) is 0 Å². The van der Waals surface area contributed by atoms with Crippen LogP contribution in [0.2, 0.25) is 0 Å². The first kappa shape index (κ1) is 15.9. The molecule has 116 valence electrons. The van der Waals surface area contributed by atoms with Crippen molar-refractivity contribution in [2.45, 2.75) is 70.9 Å². The second-order valence-corrected chi connectivity index (χ2v) is 5.88. The molecule has 0 aromatic rings. The van der Waals surface area contributed by atoms with E-state index in [1.54, 1.807) is 0 Å². The molecule has 2 aliphatic rings. The Morgan fingerprint density at radius 2 is 2.00 bits per heavy atom. The lowest BCUT2D eigenvalue weighted by Crippen LogP contribution is -2.45. The number of hydrogen-bond donors (Lipinski definition) is 0. The minimum atomic E-state index is -0.311. The number of fused-ring (bicyclic) bond motifs is 2. The molecule has 0 radical (unpaired) electrons. The van der Waals surface area contributed by atoms with Crippen LogP contribution in [0.15, 0.2) is 0 Å². The van der Waals surface area contributed by atoms with Crippen LogP contribution in [0, 0.1) is 11.8 Å². The van der Waals surface area contributed by atoms with E-state index in [0.29, 0.717) is 13.2 Å². The molecule has 2 aliphatic heterocycles. The Bertz CT molecular complexity index is 314. The van der Waals surface area contributed by atoms with E-state index in [1.165, 1.54) is 0 Å². The van der Waals surface area contributed by atoms with E-state index in [9.17, 15) is 4.79 Å². The van der Waals surface area contributed by atoms with Crippen LogP contribution in [0.3, 0.4) is 0 Å². The molecule has 0 aliphatic carbocycles. The van der Waals surface area contributed by atoms with Gasteiger partial charge in [0.05, 0.1) is 17.6 Å². The molecule has 0 N–H and O–H groups in total. The van der Waals surface area contributed by atoms with Gasteiger partial charge in [0.15, 0.2) is 6.29 Å². The van der Waals surface area contributed by atoms with Crippen LogP contribution in [-0.2, 0) is 19.0 Å². The van der Waals surface area contributed by atoms with Gasteiger partial charge < -0.3 is 19.0 Å². The molecule has 2 fully saturated rings. The third-order valence-electron chi connectivity index (χ3n) is 4.77. The highest BCUT2D eigenvalue weighted by molar-refractivity contribution is 5.58. The average molecular weight is 284 g/mol. The van der Waals surface area contributed by atoms with E-state index in [4.69, 9.17) is 14.2 Å². The molecule has 4 nitrogen and oxygen atoms in total. The zero-order valence-corrected chi connectivity index (χ0v) is 13.0. The van der Waals surface area contributed by atoms with Crippen molar-refractivity contribution in [3.05, 3.63) is 0 Å². The smallest absolute Gasteiger partial charge is 0.163 e. The standard InChI is InChI=1S/C16H28O4/c1-4-7-9-16-10-8-13(20-16)14(12(16)11-17)15(18-5-2)19-6-3/h11-15H,4-10H2,1-3H3/t12-,13+,14+,16-/m1/s1. The van der Waals surface area contributed by atoms with E-state index in [1.807, 2.05) is 13.8 Å². The maximum atomic E-state index is 11.7. The largest absolute Gasteiger partial charge is 0.370 e. The summed E-state index contributed by atoms with van der Waals surface area (Å²) in [6, 6.07) is 0. The van der Waals surface area contributed by atoms with Gasteiger partial charge in [-0.15, -0.1) is 0 Å². The minimum Gasteiger partial charge on any atom is -0.370 e. The van der Waals surface area contributed by atoms with Gasteiger partial charge in [-0.3, -0.25) is 0 Å². The van der Waals surface area contributed by atoms with E-state index in [2.05, 4.69) is 6.92 Å². The summed E-state index contributed by atoms with van der Waals surface area (Å²) in [5.41, 5.74) is -0.250. The molecule has 0 amide bonds. The number of carbonyl (C=O) groups excluding carboxylic acids is 1. The van der Waals surface area contributed by atoms with Crippen molar-refractivity contribution in [3.63, 3.8) is 0 Å². The summed E-state index contributed by atoms with van der Waals surface area (Å²) in [6.07, 6.45) is 6.14. The fraction of sp³-hybridized carbons (Fsp3) is 0.938. The van der Waals surface area contributed by atoms with Gasteiger partial charge in [-0.1, -0.05) is 19.8 Å². The van der Waals surface area contributed by atoms with Gasteiger partial charge >= 0.3 is 0 Å². The molecular weight excluding hydrogens is 256 g/mol. The Morgan fingerprint density at radius 3 is 2.55 bits per heavy atom. The van der Waals surface area contributed by atoms with E-state index >= 15 is 0 Å². The van der Waals surface area contributed by atoms with Crippen LogP contribution in [0.5, 0.6) is 0 Å². The molecule has 0 unspecified atom stereocenters. The lowest BCUT2D eigenvalue weighted by atomic mass is 9.70. The van der Waals surface area contributed by atoms with Gasteiger partial charge in [0, 0.05) is 19.1 Å². The second-order valence-electron chi connectivity index (χ2n) is 5.88. The number of rotatable bonds is 9. The molecule has 20 heavy (non-hydrogen) atoms. The summed E-state index contributed by atoms with van der Waals surface area (Å²) in [4.78, 5) is 11.7. The van der Waals surface area contributed by atoms with Crippen LogP contribution in [-0.4, -0.2) is 37.5 Å². The second kappa shape index (κ2) is 7.01. The van der Waals surface area contributed by atoms with Gasteiger partial charge in [0.2, 0.25) is 0 Å². The van der Waals surface area contributed by atoms with Crippen LogP contribution in [0.4, 0.5) is 0 Å². The van der Waals surface area contributed by atoms with Crippen molar-refractivity contribution in [1.82, 2.24) is 0 Å². The van der Waals surface area contributed by atoms with Crippen molar-refractivity contribution in [1.29, 1.82) is 0 Å². The molecule has 2 saturated heterocycles. The molecule has 0 spiro atoms. The number of aldehydes is 1. The fourth-order valence-corrected chi connectivity index (χ4v) is 3.89.